The van der Waals surface area contributed by atoms with Gasteiger partial charge in [0.25, 0.3) is 0 Å². The summed E-state index contributed by atoms with van der Waals surface area (Å²) in [5.74, 6) is -0.653. The van der Waals surface area contributed by atoms with Gasteiger partial charge in [0.1, 0.15) is 0 Å². The van der Waals surface area contributed by atoms with Crippen molar-refractivity contribution in [2.75, 3.05) is 26.8 Å². The van der Waals surface area contributed by atoms with Crippen LogP contribution in [0.4, 0.5) is 0 Å². The standard InChI is InChI=1S/C12H19NO4/c1-13(5-2-10(14)15)11(16)9-8-12(9)3-6-17-7-4-12/h9H,2-8H2,1H3,(H,14,15). The van der Waals surface area contributed by atoms with E-state index in [1.165, 1.54) is 0 Å². The van der Waals surface area contributed by atoms with Gasteiger partial charge in [0.15, 0.2) is 0 Å². The molecule has 1 atom stereocenters. The van der Waals surface area contributed by atoms with Gasteiger partial charge in [0.2, 0.25) is 5.91 Å². The van der Waals surface area contributed by atoms with Crippen molar-refractivity contribution < 1.29 is 19.4 Å². The molecule has 2 aliphatic rings. The monoisotopic (exact) mass is 241 g/mol. The third kappa shape index (κ3) is 2.60. The molecule has 1 N–H and O–H groups in total. The average molecular weight is 241 g/mol. The second-order valence-electron chi connectivity index (χ2n) is 5.13. The van der Waals surface area contributed by atoms with E-state index in [0.717, 1.165) is 32.5 Å². The van der Waals surface area contributed by atoms with Gasteiger partial charge in [-0.25, -0.2) is 0 Å². The van der Waals surface area contributed by atoms with Crippen molar-refractivity contribution in [3.05, 3.63) is 0 Å². The molecule has 1 heterocycles. The van der Waals surface area contributed by atoms with Crippen LogP contribution in [0.5, 0.6) is 0 Å². The maximum absolute atomic E-state index is 12.1. The van der Waals surface area contributed by atoms with Gasteiger partial charge in [-0.1, -0.05) is 0 Å². The number of amides is 1. The van der Waals surface area contributed by atoms with Crippen molar-refractivity contribution in [1.82, 2.24) is 4.90 Å². The molecule has 5 heteroatoms. The third-order valence-electron chi connectivity index (χ3n) is 4.01. The van der Waals surface area contributed by atoms with Gasteiger partial charge in [-0.05, 0) is 24.7 Å². The summed E-state index contributed by atoms with van der Waals surface area (Å²) < 4.78 is 5.31. The molecule has 1 amide bonds. The van der Waals surface area contributed by atoms with Gasteiger partial charge < -0.3 is 14.7 Å². The Morgan fingerprint density at radius 2 is 2.06 bits per heavy atom. The lowest BCUT2D eigenvalue weighted by Crippen LogP contribution is -2.33. The Morgan fingerprint density at radius 3 is 2.65 bits per heavy atom. The predicted molar refractivity (Wildman–Crippen MR) is 60.5 cm³/mol. The summed E-state index contributed by atoms with van der Waals surface area (Å²) in [6, 6.07) is 0. The summed E-state index contributed by atoms with van der Waals surface area (Å²) in [7, 11) is 1.69. The number of carboxylic acids is 1. The van der Waals surface area contributed by atoms with E-state index in [0.29, 0.717) is 6.54 Å². The fraction of sp³-hybridized carbons (Fsp3) is 0.833. The zero-order valence-electron chi connectivity index (χ0n) is 10.1. The molecule has 1 saturated heterocycles. The van der Waals surface area contributed by atoms with Gasteiger partial charge in [-0.2, -0.15) is 0 Å². The number of carbonyl (C=O) groups is 2. The maximum atomic E-state index is 12.1. The Bertz CT molecular complexity index is 322. The molecule has 17 heavy (non-hydrogen) atoms. The first-order chi connectivity index (χ1) is 8.05. The lowest BCUT2D eigenvalue weighted by Gasteiger charge is -2.24. The van der Waals surface area contributed by atoms with Crippen molar-refractivity contribution in [2.45, 2.75) is 25.7 Å². The van der Waals surface area contributed by atoms with Crippen LogP contribution in [0.25, 0.3) is 0 Å². The number of carbonyl (C=O) groups excluding carboxylic acids is 1. The second kappa shape index (κ2) is 4.64. The van der Waals surface area contributed by atoms with Crippen LogP contribution in [-0.2, 0) is 14.3 Å². The van der Waals surface area contributed by atoms with Crippen LogP contribution in [0.15, 0.2) is 0 Å². The number of hydrogen-bond acceptors (Lipinski definition) is 3. The number of nitrogens with zero attached hydrogens (tertiary/aromatic N) is 1. The van der Waals surface area contributed by atoms with Crippen molar-refractivity contribution in [3.63, 3.8) is 0 Å². The zero-order valence-corrected chi connectivity index (χ0v) is 10.1. The smallest absolute Gasteiger partial charge is 0.305 e. The molecule has 0 aromatic rings. The molecule has 96 valence electrons. The highest BCUT2D eigenvalue weighted by Crippen LogP contribution is 2.59. The van der Waals surface area contributed by atoms with Gasteiger partial charge >= 0.3 is 5.97 Å². The van der Waals surface area contributed by atoms with Crippen LogP contribution < -0.4 is 0 Å². The van der Waals surface area contributed by atoms with Gasteiger partial charge in [-0.15, -0.1) is 0 Å². The summed E-state index contributed by atoms with van der Waals surface area (Å²) in [6.45, 7) is 1.81. The lowest BCUT2D eigenvalue weighted by atomic mass is 9.93. The minimum Gasteiger partial charge on any atom is -0.481 e. The first kappa shape index (κ1) is 12.4. The van der Waals surface area contributed by atoms with Gasteiger partial charge in [-0.3, -0.25) is 9.59 Å². The minimum absolute atomic E-state index is 0.0189. The molecule has 2 rings (SSSR count). The summed E-state index contributed by atoms with van der Waals surface area (Å²) in [5.41, 5.74) is 0.173. The van der Waals surface area contributed by atoms with E-state index in [-0.39, 0.29) is 23.7 Å². The third-order valence-corrected chi connectivity index (χ3v) is 4.01. The molecule has 0 aromatic heterocycles. The largest absolute Gasteiger partial charge is 0.481 e. The van der Waals surface area contributed by atoms with E-state index in [1.807, 2.05) is 0 Å². The quantitative estimate of drug-likeness (QED) is 0.788. The van der Waals surface area contributed by atoms with Crippen molar-refractivity contribution in [1.29, 1.82) is 0 Å². The summed E-state index contributed by atoms with van der Waals surface area (Å²) in [5, 5.41) is 8.59. The van der Waals surface area contributed by atoms with E-state index < -0.39 is 5.97 Å². The van der Waals surface area contributed by atoms with Gasteiger partial charge in [0, 0.05) is 32.7 Å². The molecular formula is C12H19NO4. The molecule has 1 aliphatic heterocycles. The summed E-state index contributed by atoms with van der Waals surface area (Å²) in [4.78, 5) is 24.1. The van der Waals surface area contributed by atoms with Gasteiger partial charge in [0.05, 0.1) is 6.42 Å². The van der Waals surface area contributed by atoms with E-state index in [1.54, 1.807) is 11.9 Å². The van der Waals surface area contributed by atoms with E-state index >= 15 is 0 Å². The predicted octanol–water partition coefficient (Wildman–Crippen LogP) is 0.736. The molecule has 0 aromatic carbocycles. The SMILES string of the molecule is CN(CCC(=O)O)C(=O)C1CC12CCOCC2. The van der Waals surface area contributed by atoms with Crippen LogP contribution in [0.2, 0.25) is 0 Å². The summed E-state index contributed by atoms with van der Waals surface area (Å²) >= 11 is 0. The molecule has 1 saturated carbocycles. The summed E-state index contributed by atoms with van der Waals surface area (Å²) in [6.07, 6.45) is 2.91. The molecule has 2 fully saturated rings. The van der Waals surface area contributed by atoms with E-state index in [2.05, 4.69) is 0 Å². The Labute approximate surface area is 101 Å². The second-order valence-corrected chi connectivity index (χ2v) is 5.13. The Morgan fingerprint density at radius 1 is 1.41 bits per heavy atom. The maximum Gasteiger partial charge on any atom is 0.305 e. The van der Waals surface area contributed by atoms with E-state index in [4.69, 9.17) is 9.84 Å². The Hall–Kier alpha value is -1.10. The Kier molecular flexibility index (Phi) is 3.38. The highest BCUT2D eigenvalue weighted by Gasteiger charge is 2.58. The lowest BCUT2D eigenvalue weighted by molar-refractivity contribution is -0.138. The highest BCUT2D eigenvalue weighted by molar-refractivity contribution is 5.83. The average Bonchev–Trinajstić information content (AvgIpc) is 2.99. The van der Waals surface area contributed by atoms with Crippen LogP contribution >= 0.6 is 0 Å². The minimum atomic E-state index is -0.860. The number of rotatable bonds is 4. The van der Waals surface area contributed by atoms with Crippen molar-refractivity contribution in [2.24, 2.45) is 11.3 Å². The van der Waals surface area contributed by atoms with Crippen molar-refractivity contribution in [3.8, 4) is 0 Å². The molecule has 1 spiro atoms. The fourth-order valence-corrected chi connectivity index (χ4v) is 2.67. The topological polar surface area (TPSA) is 66.8 Å². The van der Waals surface area contributed by atoms with Crippen LogP contribution in [0.1, 0.15) is 25.7 Å². The fourth-order valence-electron chi connectivity index (χ4n) is 2.67. The zero-order chi connectivity index (χ0) is 12.5. The molecule has 1 unspecified atom stereocenters. The normalized spacial score (nSPS) is 25.6. The van der Waals surface area contributed by atoms with Crippen LogP contribution in [0, 0.1) is 11.3 Å². The Balaban J connectivity index is 1.83. The number of hydrogen-bond donors (Lipinski definition) is 1. The van der Waals surface area contributed by atoms with Crippen molar-refractivity contribution >= 4 is 11.9 Å². The number of aliphatic carboxylic acids is 1. The first-order valence-electron chi connectivity index (χ1n) is 6.10. The molecule has 0 bridgehead atoms. The first-order valence-corrected chi connectivity index (χ1v) is 6.10. The van der Waals surface area contributed by atoms with Crippen LogP contribution in [-0.4, -0.2) is 48.7 Å². The van der Waals surface area contributed by atoms with E-state index in [9.17, 15) is 9.59 Å². The van der Waals surface area contributed by atoms with Crippen LogP contribution in [0.3, 0.4) is 0 Å². The highest BCUT2D eigenvalue weighted by atomic mass is 16.5. The molecule has 5 nitrogen and oxygen atoms in total. The molecule has 1 aliphatic carbocycles. The number of ether oxygens (including phenoxy) is 1. The molecular weight excluding hydrogens is 222 g/mol. The molecule has 0 radical (unpaired) electrons. The number of carboxylic acid groups (broad SMARTS) is 1.